The highest BCUT2D eigenvalue weighted by Crippen LogP contribution is 2.30. The summed E-state index contributed by atoms with van der Waals surface area (Å²) in [5, 5.41) is 17.0. The summed E-state index contributed by atoms with van der Waals surface area (Å²) in [6.45, 7) is 7.02. The van der Waals surface area contributed by atoms with Gasteiger partial charge in [0.2, 0.25) is 0 Å². The highest BCUT2D eigenvalue weighted by atomic mass is 16.6. The van der Waals surface area contributed by atoms with E-state index in [0.717, 1.165) is 11.1 Å². The van der Waals surface area contributed by atoms with Crippen LogP contribution in [0.3, 0.4) is 0 Å². The van der Waals surface area contributed by atoms with Crippen molar-refractivity contribution < 1.29 is 28.9 Å². The zero-order valence-electron chi connectivity index (χ0n) is 19.3. The molecule has 0 bridgehead atoms. The van der Waals surface area contributed by atoms with Crippen molar-refractivity contribution in [2.45, 2.75) is 45.8 Å². The van der Waals surface area contributed by atoms with E-state index in [1.54, 1.807) is 57.0 Å². The van der Waals surface area contributed by atoms with Gasteiger partial charge in [0.1, 0.15) is 23.1 Å². The summed E-state index contributed by atoms with van der Waals surface area (Å²) in [6.07, 6.45) is 1.02. The molecule has 1 aromatic carbocycles. The van der Waals surface area contributed by atoms with Crippen molar-refractivity contribution in [2.24, 2.45) is 0 Å². The molecule has 33 heavy (non-hydrogen) atoms. The highest BCUT2D eigenvalue weighted by Gasteiger charge is 2.24. The Hall–Kier alpha value is -3.82. The number of carboxylic acids is 1. The van der Waals surface area contributed by atoms with E-state index in [2.05, 4.69) is 15.4 Å². The third-order valence-corrected chi connectivity index (χ3v) is 4.58. The molecule has 1 amide bonds. The lowest BCUT2D eigenvalue weighted by atomic mass is 10.2. The zero-order chi connectivity index (χ0) is 24.2. The zero-order valence-corrected chi connectivity index (χ0v) is 19.3. The molecule has 1 atom stereocenters. The summed E-state index contributed by atoms with van der Waals surface area (Å²) in [6, 6.07) is 7.82. The maximum absolute atomic E-state index is 12.0. The Morgan fingerprint density at radius 3 is 2.58 bits per heavy atom. The van der Waals surface area contributed by atoms with Crippen LogP contribution in [0.2, 0.25) is 0 Å². The van der Waals surface area contributed by atoms with Gasteiger partial charge < -0.3 is 24.6 Å². The molecule has 0 aliphatic carbocycles. The number of rotatable bonds is 8. The molecule has 2 heterocycles. The second-order valence-electron chi connectivity index (χ2n) is 8.44. The van der Waals surface area contributed by atoms with Crippen LogP contribution in [0.4, 0.5) is 4.79 Å². The Morgan fingerprint density at radius 2 is 1.97 bits per heavy atom. The molecule has 0 saturated carbocycles. The van der Waals surface area contributed by atoms with Crippen LogP contribution >= 0.6 is 0 Å². The quantitative estimate of drug-likeness (QED) is 0.528. The molecule has 0 aliphatic heterocycles. The van der Waals surface area contributed by atoms with Crippen LogP contribution in [0.1, 0.15) is 32.9 Å². The number of aromatic nitrogens is 3. The van der Waals surface area contributed by atoms with Gasteiger partial charge in [-0.15, -0.1) is 0 Å². The minimum absolute atomic E-state index is 0.0325. The lowest BCUT2D eigenvalue weighted by molar-refractivity contribution is -0.139. The topological polar surface area (TPSA) is 125 Å². The number of aliphatic carboxylic acids is 1. The van der Waals surface area contributed by atoms with Crippen LogP contribution in [0.25, 0.3) is 16.7 Å². The molecule has 2 N–H and O–H groups in total. The second kappa shape index (κ2) is 9.76. The van der Waals surface area contributed by atoms with Gasteiger partial charge in [0, 0.05) is 30.1 Å². The number of fused-ring (bicyclic) bond motifs is 1. The SMILES string of the molecule is COc1ccc2c(OCC[C@H](NC(=O)OC(C)(C)C)C(=O)O)cc(-n3ccc(C)n3)nc2c1. The van der Waals surface area contributed by atoms with Crippen molar-refractivity contribution in [1.82, 2.24) is 20.1 Å². The third kappa shape index (κ3) is 6.34. The normalized spacial score (nSPS) is 12.3. The number of amides is 1. The predicted molar refractivity (Wildman–Crippen MR) is 121 cm³/mol. The first kappa shape index (κ1) is 23.8. The van der Waals surface area contributed by atoms with Crippen molar-refractivity contribution in [3.8, 4) is 17.3 Å². The fourth-order valence-corrected chi connectivity index (χ4v) is 3.06. The van der Waals surface area contributed by atoms with Gasteiger partial charge in [0.05, 0.1) is 24.9 Å². The molecule has 10 nitrogen and oxygen atoms in total. The minimum Gasteiger partial charge on any atom is -0.497 e. The number of aryl methyl sites for hydroxylation is 1. The fraction of sp³-hybridized carbons (Fsp3) is 0.391. The number of carbonyl (C=O) groups excluding carboxylic acids is 1. The Morgan fingerprint density at radius 1 is 1.21 bits per heavy atom. The summed E-state index contributed by atoms with van der Waals surface area (Å²) in [7, 11) is 1.57. The molecule has 176 valence electrons. The van der Waals surface area contributed by atoms with E-state index in [-0.39, 0.29) is 13.0 Å². The number of ether oxygens (including phenoxy) is 3. The Kier molecular flexibility index (Phi) is 7.05. The maximum Gasteiger partial charge on any atom is 0.408 e. The van der Waals surface area contributed by atoms with E-state index >= 15 is 0 Å². The maximum atomic E-state index is 12.0. The first-order chi connectivity index (χ1) is 15.6. The van der Waals surface area contributed by atoms with Crippen molar-refractivity contribution in [2.75, 3.05) is 13.7 Å². The van der Waals surface area contributed by atoms with Crippen LogP contribution in [-0.2, 0) is 9.53 Å². The second-order valence-corrected chi connectivity index (χ2v) is 8.44. The van der Waals surface area contributed by atoms with Gasteiger partial charge in [0.15, 0.2) is 5.82 Å². The molecule has 0 unspecified atom stereocenters. The largest absolute Gasteiger partial charge is 0.497 e. The molecular weight excluding hydrogens is 428 g/mol. The number of carboxylic acid groups (broad SMARTS) is 1. The van der Waals surface area contributed by atoms with Crippen LogP contribution in [0.5, 0.6) is 11.5 Å². The van der Waals surface area contributed by atoms with E-state index in [1.165, 1.54) is 0 Å². The number of pyridine rings is 1. The van der Waals surface area contributed by atoms with Crippen LogP contribution in [0, 0.1) is 6.92 Å². The summed E-state index contributed by atoms with van der Waals surface area (Å²) < 4.78 is 18.0. The fourth-order valence-electron chi connectivity index (χ4n) is 3.06. The molecule has 0 radical (unpaired) electrons. The van der Waals surface area contributed by atoms with E-state index in [4.69, 9.17) is 14.2 Å². The van der Waals surface area contributed by atoms with E-state index < -0.39 is 23.7 Å². The van der Waals surface area contributed by atoms with Crippen molar-refractivity contribution >= 4 is 23.0 Å². The Labute approximate surface area is 191 Å². The molecule has 0 aliphatic rings. The van der Waals surface area contributed by atoms with Gasteiger partial charge in [-0.2, -0.15) is 5.10 Å². The number of hydrogen-bond donors (Lipinski definition) is 2. The molecule has 0 saturated heterocycles. The molecule has 0 spiro atoms. The monoisotopic (exact) mass is 456 g/mol. The van der Waals surface area contributed by atoms with Crippen molar-refractivity contribution in [3.63, 3.8) is 0 Å². The average Bonchev–Trinajstić information content (AvgIpc) is 3.17. The first-order valence-electron chi connectivity index (χ1n) is 10.4. The van der Waals surface area contributed by atoms with Crippen LogP contribution in [-0.4, -0.2) is 57.3 Å². The standard InChI is InChI=1S/C23H28N4O6/c1-14-8-10-27(26-14)20-13-19(16-7-6-15(31-5)12-18(16)24-20)32-11-9-17(21(28)29)25-22(30)33-23(2,3)4/h6-8,10,12-13,17H,9,11H2,1-5H3,(H,25,30)(H,28,29)/t17-/m0/s1. The van der Waals surface area contributed by atoms with Gasteiger partial charge in [-0.1, -0.05) is 0 Å². The minimum atomic E-state index is -1.18. The average molecular weight is 456 g/mol. The van der Waals surface area contributed by atoms with Crippen LogP contribution in [0.15, 0.2) is 36.5 Å². The lowest BCUT2D eigenvalue weighted by Crippen LogP contribution is -2.44. The van der Waals surface area contributed by atoms with E-state index in [0.29, 0.717) is 22.8 Å². The summed E-state index contributed by atoms with van der Waals surface area (Å²) in [5.74, 6) is 0.511. The summed E-state index contributed by atoms with van der Waals surface area (Å²) in [5.41, 5.74) is 0.737. The number of nitrogens with zero attached hydrogens (tertiary/aromatic N) is 3. The molecule has 3 rings (SSSR count). The van der Waals surface area contributed by atoms with E-state index in [9.17, 15) is 14.7 Å². The van der Waals surface area contributed by atoms with Crippen molar-refractivity contribution in [1.29, 1.82) is 0 Å². The van der Waals surface area contributed by atoms with Gasteiger partial charge in [-0.25, -0.2) is 19.3 Å². The Balaban J connectivity index is 1.80. The Bertz CT molecular complexity index is 1150. The lowest BCUT2D eigenvalue weighted by Gasteiger charge is -2.22. The molecule has 2 aromatic heterocycles. The predicted octanol–water partition coefficient (Wildman–Crippen LogP) is 3.48. The first-order valence-corrected chi connectivity index (χ1v) is 10.4. The third-order valence-electron chi connectivity index (χ3n) is 4.58. The van der Waals surface area contributed by atoms with Crippen molar-refractivity contribution in [3.05, 3.63) is 42.2 Å². The van der Waals surface area contributed by atoms with Gasteiger partial charge >= 0.3 is 12.1 Å². The number of carbonyl (C=O) groups is 2. The van der Waals surface area contributed by atoms with Gasteiger partial charge in [-0.05, 0) is 45.9 Å². The van der Waals surface area contributed by atoms with Crippen LogP contribution < -0.4 is 14.8 Å². The molecular formula is C23H28N4O6. The number of nitrogens with one attached hydrogen (secondary N) is 1. The van der Waals surface area contributed by atoms with Gasteiger partial charge in [-0.3, -0.25) is 0 Å². The number of hydrogen-bond acceptors (Lipinski definition) is 7. The number of benzene rings is 1. The van der Waals surface area contributed by atoms with Gasteiger partial charge in [0.25, 0.3) is 0 Å². The number of methoxy groups -OCH3 is 1. The molecule has 0 fully saturated rings. The summed E-state index contributed by atoms with van der Waals surface area (Å²) in [4.78, 5) is 28.2. The summed E-state index contributed by atoms with van der Waals surface area (Å²) >= 11 is 0. The number of alkyl carbamates (subject to hydrolysis) is 1. The molecule has 10 heteroatoms. The highest BCUT2D eigenvalue weighted by molar-refractivity contribution is 5.87. The van der Waals surface area contributed by atoms with E-state index in [1.807, 2.05) is 19.1 Å². The smallest absolute Gasteiger partial charge is 0.408 e. The molecule has 3 aromatic rings.